The van der Waals surface area contributed by atoms with Crippen LogP contribution in [0.5, 0.6) is 0 Å². The first-order valence-corrected chi connectivity index (χ1v) is 4.56. The summed E-state index contributed by atoms with van der Waals surface area (Å²) in [5.74, 6) is 0.0722. The summed E-state index contributed by atoms with van der Waals surface area (Å²) in [4.78, 5) is 11.8. The number of hydrogen-bond acceptors (Lipinski definition) is 1. The molecule has 1 rings (SSSR count). The van der Waals surface area contributed by atoms with E-state index < -0.39 is 0 Å². The molecule has 72 valence electrons. The van der Waals surface area contributed by atoms with Gasteiger partial charge in [0.15, 0.2) is 5.78 Å². The average molecular weight is 186 g/mol. The van der Waals surface area contributed by atoms with Crippen molar-refractivity contribution in [2.75, 3.05) is 0 Å². The van der Waals surface area contributed by atoms with E-state index in [-0.39, 0.29) is 5.78 Å². The van der Waals surface area contributed by atoms with E-state index in [0.717, 1.165) is 11.1 Å². The summed E-state index contributed by atoms with van der Waals surface area (Å²) < 4.78 is 0. The Kier molecular flexibility index (Phi) is 3.41. The third kappa shape index (κ3) is 2.19. The largest absolute Gasteiger partial charge is 0.289 e. The monoisotopic (exact) mass is 186 g/mol. The van der Waals surface area contributed by atoms with Gasteiger partial charge in [-0.05, 0) is 25.0 Å². The predicted molar refractivity (Wildman–Crippen MR) is 59.5 cm³/mol. The van der Waals surface area contributed by atoms with E-state index in [1.165, 1.54) is 0 Å². The number of benzene rings is 1. The van der Waals surface area contributed by atoms with E-state index in [9.17, 15) is 4.79 Å². The third-order valence-electron chi connectivity index (χ3n) is 2.12. The summed E-state index contributed by atoms with van der Waals surface area (Å²) in [7, 11) is 0. The topological polar surface area (TPSA) is 17.1 Å². The summed E-state index contributed by atoms with van der Waals surface area (Å²) in [6.07, 6.45) is 3.36. The van der Waals surface area contributed by atoms with E-state index in [2.05, 4.69) is 6.58 Å². The standard InChI is InChI=1S/C13H14O/c1-4-7-11(3)13(14)12-9-6-5-8-10(12)2/h4-9H,1H2,2-3H3/b11-7+. The number of Topliss-reactive ketones (excluding diaryl/α,β-unsaturated/α-hetero) is 1. The molecule has 0 aliphatic rings. The maximum absolute atomic E-state index is 11.8. The van der Waals surface area contributed by atoms with E-state index in [1.54, 1.807) is 19.1 Å². The molecule has 0 saturated carbocycles. The van der Waals surface area contributed by atoms with Gasteiger partial charge in [-0.2, -0.15) is 0 Å². The molecule has 0 aliphatic heterocycles. The molecule has 0 saturated heterocycles. The van der Waals surface area contributed by atoms with E-state index in [4.69, 9.17) is 0 Å². The molecule has 0 spiro atoms. The highest BCUT2D eigenvalue weighted by Crippen LogP contribution is 2.12. The zero-order valence-electron chi connectivity index (χ0n) is 8.58. The minimum atomic E-state index is 0.0722. The van der Waals surface area contributed by atoms with Gasteiger partial charge in [0, 0.05) is 5.56 Å². The van der Waals surface area contributed by atoms with E-state index in [0.29, 0.717) is 5.57 Å². The van der Waals surface area contributed by atoms with Crippen LogP contribution in [0.15, 0.2) is 48.6 Å². The second kappa shape index (κ2) is 4.56. The molecule has 14 heavy (non-hydrogen) atoms. The SMILES string of the molecule is C=C/C=C(\C)C(=O)c1ccccc1C. The zero-order chi connectivity index (χ0) is 10.6. The smallest absolute Gasteiger partial charge is 0.188 e. The number of aryl methyl sites for hydroxylation is 1. The van der Waals surface area contributed by atoms with Crippen LogP contribution in [0, 0.1) is 6.92 Å². The number of hydrogen-bond donors (Lipinski definition) is 0. The molecule has 0 bridgehead atoms. The van der Waals surface area contributed by atoms with Gasteiger partial charge < -0.3 is 0 Å². The molecular formula is C13H14O. The van der Waals surface area contributed by atoms with Crippen LogP contribution in [0.25, 0.3) is 0 Å². The highest BCUT2D eigenvalue weighted by atomic mass is 16.1. The molecular weight excluding hydrogens is 172 g/mol. The highest BCUT2D eigenvalue weighted by Gasteiger charge is 2.08. The molecule has 1 nitrogen and oxygen atoms in total. The Morgan fingerprint density at radius 3 is 2.57 bits per heavy atom. The first kappa shape index (κ1) is 10.5. The molecule has 1 aromatic rings. The molecule has 0 radical (unpaired) electrons. The van der Waals surface area contributed by atoms with Crippen molar-refractivity contribution in [3.8, 4) is 0 Å². The summed E-state index contributed by atoms with van der Waals surface area (Å²) in [6, 6.07) is 7.59. The predicted octanol–water partition coefficient (Wildman–Crippen LogP) is 3.31. The maximum atomic E-state index is 11.8. The first-order chi connectivity index (χ1) is 6.66. The van der Waals surface area contributed by atoms with Crippen molar-refractivity contribution in [1.29, 1.82) is 0 Å². The number of ketones is 1. The van der Waals surface area contributed by atoms with Crippen LogP contribution in [-0.2, 0) is 0 Å². The van der Waals surface area contributed by atoms with Gasteiger partial charge in [-0.3, -0.25) is 4.79 Å². The lowest BCUT2D eigenvalue weighted by Gasteiger charge is -2.03. The van der Waals surface area contributed by atoms with Crippen molar-refractivity contribution >= 4 is 5.78 Å². The molecule has 0 aliphatic carbocycles. The van der Waals surface area contributed by atoms with Crippen molar-refractivity contribution < 1.29 is 4.79 Å². The average Bonchev–Trinajstić information content (AvgIpc) is 2.18. The number of rotatable bonds is 3. The van der Waals surface area contributed by atoms with Crippen LogP contribution in [0.1, 0.15) is 22.8 Å². The van der Waals surface area contributed by atoms with Crippen molar-refractivity contribution in [1.82, 2.24) is 0 Å². The van der Waals surface area contributed by atoms with E-state index >= 15 is 0 Å². The normalized spacial score (nSPS) is 11.1. The van der Waals surface area contributed by atoms with Crippen molar-refractivity contribution in [3.05, 3.63) is 59.7 Å². The molecule has 0 unspecified atom stereocenters. The molecule has 0 N–H and O–H groups in total. The Morgan fingerprint density at radius 2 is 2.00 bits per heavy atom. The lowest BCUT2D eigenvalue weighted by molar-refractivity contribution is 0.103. The Bertz CT molecular complexity index is 386. The van der Waals surface area contributed by atoms with Crippen LogP contribution in [0.3, 0.4) is 0 Å². The molecule has 0 fully saturated rings. The minimum Gasteiger partial charge on any atom is -0.289 e. The molecule has 0 amide bonds. The van der Waals surface area contributed by atoms with Gasteiger partial charge in [0.25, 0.3) is 0 Å². The van der Waals surface area contributed by atoms with Gasteiger partial charge in [0.2, 0.25) is 0 Å². The second-order valence-corrected chi connectivity index (χ2v) is 3.23. The molecule has 1 heteroatoms. The zero-order valence-corrected chi connectivity index (χ0v) is 8.58. The molecule has 0 aromatic heterocycles. The summed E-state index contributed by atoms with van der Waals surface area (Å²) >= 11 is 0. The third-order valence-corrected chi connectivity index (χ3v) is 2.12. The van der Waals surface area contributed by atoms with Crippen LogP contribution >= 0.6 is 0 Å². The Balaban J connectivity index is 3.07. The molecule has 0 heterocycles. The molecule has 0 atom stereocenters. The summed E-state index contributed by atoms with van der Waals surface area (Å²) in [5, 5.41) is 0. The number of carbonyl (C=O) groups is 1. The number of carbonyl (C=O) groups excluding carboxylic acids is 1. The van der Waals surface area contributed by atoms with Gasteiger partial charge in [0.1, 0.15) is 0 Å². The van der Waals surface area contributed by atoms with Crippen molar-refractivity contribution in [2.24, 2.45) is 0 Å². The van der Waals surface area contributed by atoms with Gasteiger partial charge >= 0.3 is 0 Å². The first-order valence-electron chi connectivity index (χ1n) is 4.56. The quantitative estimate of drug-likeness (QED) is 0.402. The lowest BCUT2D eigenvalue weighted by Crippen LogP contribution is -2.02. The van der Waals surface area contributed by atoms with Gasteiger partial charge in [-0.1, -0.05) is 43.0 Å². The van der Waals surface area contributed by atoms with Crippen LogP contribution in [-0.4, -0.2) is 5.78 Å². The van der Waals surface area contributed by atoms with E-state index in [1.807, 2.05) is 31.2 Å². The fourth-order valence-electron chi connectivity index (χ4n) is 1.29. The van der Waals surface area contributed by atoms with Crippen LogP contribution < -0.4 is 0 Å². The van der Waals surface area contributed by atoms with Gasteiger partial charge in [-0.15, -0.1) is 0 Å². The highest BCUT2D eigenvalue weighted by molar-refractivity contribution is 6.09. The van der Waals surface area contributed by atoms with Crippen LogP contribution in [0.2, 0.25) is 0 Å². The maximum Gasteiger partial charge on any atom is 0.188 e. The lowest BCUT2D eigenvalue weighted by atomic mass is 10.00. The number of allylic oxidation sites excluding steroid dienone is 3. The Morgan fingerprint density at radius 1 is 1.36 bits per heavy atom. The van der Waals surface area contributed by atoms with Crippen molar-refractivity contribution in [3.63, 3.8) is 0 Å². The van der Waals surface area contributed by atoms with Gasteiger partial charge in [0.05, 0.1) is 0 Å². The summed E-state index contributed by atoms with van der Waals surface area (Å²) in [5.41, 5.74) is 2.49. The second-order valence-electron chi connectivity index (χ2n) is 3.23. The molecule has 1 aromatic carbocycles. The Labute approximate surface area is 84.8 Å². The summed E-state index contributed by atoms with van der Waals surface area (Å²) in [6.45, 7) is 7.31. The van der Waals surface area contributed by atoms with Crippen LogP contribution in [0.4, 0.5) is 0 Å². The minimum absolute atomic E-state index is 0.0722. The van der Waals surface area contributed by atoms with Crippen molar-refractivity contribution in [2.45, 2.75) is 13.8 Å². The van der Waals surface area contributed by atoms with Gasteiger partial charge in [-0.25, -0.2) is 0 Å². The fourth-order valence-corrected chi connectivity index (χ4v) is 1.29. The Hall–Kier alpha value is -1.63. The fraction of sp³-hybridized carbons (Fsp3) is 0.154.